The molecule has 2 aromatic carbocycles. The Kier molecular flexibility index (Phi) is 6.63. The lowest BCUT2D eigenvalue weighted by atomic mass is 10.1. The first-order chi connectivity index (χ1) is 13.8. The minimum absolute atomic E-state index is 0.0232. The van der Waals surface area contributed by atoms with Gasteiger partial charge in [-0.2, -0.15) is 0 Å². The zero-order chi connectivity index (χ0) is 21.0. The van der Waals surface area contributed by atoms with E-state index < -0.39 is 9.84 Å². The van der Waals surface area contributed by atoms with Crippen LogP contribution in [-0.4, -0.2) is 43.4 Å². The zero-order valence-corrected chi connectivity index (χ0v) is 18.2. The summed E-state index contributed by atoms with van der Waals surface area (Å²) >= 11 is 0. The van der Waals surface area contributed by atoms with Crippen molar-refractivity contribution in [3.63, 3.8) is 0 Å². The van der Waals surface area contributed by atoms with Crippen molar-refractivity contribution in [2.45, 2.75) is 46.2 Å². The van der Waals surface area contributed by atoms with Gasteiger partial charge in [0.25, 0.3) is 5.91 Å². The van der Waals surface area contributed by atoms with Crippen LogP contribution in [-0.2, 0) is 27.6 Å². The number of carbonyl (C=O) groups is 1. The topological polar surface area (TPSA) is 63.7 Å². The number of ether oxygens (including phenoxy) is 1. The standard InChI is InChI=1S/C23H29NO4S/c1-4-19-5-7-20(8-6-19)14-24(21-9-10-29(26,27)16-21)23(25)15-28-22-12-17(2)11-18(3)13-22/h5-8,11-13,21H,4,9-10,14-16H2,1-3H3/t21-/m1/s1. The van der Waals surface area contributed by atoms with Crippen LogP contribution in [0.5, 0.6) is 5.75 Å². The Bertz CT molecular complexity index is 947. The van der Waals surface area contributed by atoms with Gasteiger partial charge in [-0.15, -0.1) is 0 Å². The summed E-state index contributed by atoms with van der Waals surface area (Å²) in [5, 5.41) is 0. The largest absolute Gasteiger partial charge is 0.484 e. The van der Waals surface area contributed by atoms with Gasteiger partial charge < -0.3 is 9.64 Å². The van der Waals surface area contributed by atoms with E-state index in [0.717, 1.165) is 23.1 Å². The van der Waals surface area contributed by atoms with Crippen LogP contribution in [0.2, 0.25) is 0 Å². The highest BCUT2D eigenvalue weighted by Crippen LogP contribution is 2.22. The van der Waals surface area contributed by atoms with Crippen LogP contribution in [0.4, 0.5) is 0 Å². The third-order valence-electron chi connectivity index (χ3n) is 5.31. The van der Waals surface area contributed by atoms with Gasteiger partial charge >= 0.3 is 0 Å². The van der Waals surface area contributed by atoms with Crippen molar-refractivity contribution in [3.8, 4) is 5.75 Å². The molecule has 3 rings (SSSR count). The van der Waals surface area contributed by atoms with Crippen LogP contribution in [0.15, 0.2) is 42.5 Å². The van der Waals surface area contributed by atoms with Crippen LogP contribution < -0.4 is 4.74 Å². The van der Waals surface area contributed by atoms with Crippen LogP contribution in [0, 0.1) is 13.8 Å². The Labute approximate surface area is 173 Å². The SMILES string of the molecule is CCc1ccc(CN(C(=O)COc2cc(C)cc(C)c2)[C@@H]2CCS(=O)(=O)C2)cc1. The van der Waals surface area contributed by atoms with Crippen LogP contribution in [0.25, 0.3) is 0 Å². The first kappa shape index (κ1) is 21.4. The lowest BCUT2D eigenvalue weighted by Gasteiger charge is -2.28. The van der Waals surface area contributed by atoms with Gasteiger partial charge in [-0.05, 0) is 61.1 Å². The molecule has 0 N–H and O–H groups in total. The van der Waals surface area contributed by atoms with Crippen molar-refractivity contribution in [1.29, 1.82) is 0 Å². The summed E-state index contributed by atoms with van der Waals surface area (Å²) in [6.45, 7) is 6.35. The number of amides is 1. The molecule has 0 aromatic heterocycles. The number of benzene rings is 2. The fraction of sp³-hybridized carbons (Fsp3) is 0.435. The van der Waals surface area contributed by atoms with Crippen LogP contribution >= 0.6 is 0 Å². The van der Waals surface area contributed by atoms with Gasteiger partial charge in [0.2, 0.25) is 0 Å². The maximum Gasteiger partial charge on any atom is 0.261 e. The monoisotopic (exact) mass is 415 g/mol. The Morgan fingerprint density at radius 1 is 1.07 bits per heavy atom. The molecule has 0 saturated carbocycles. The van der Waals surface area contributed by atoms with Gasteiger partial charge in [-0.25, -0.2) is 8.42 Å². The highest BCUT2D eigenvalue weighted by atomic mass is 32.2. The van der Waals surface area contributed by atoms with E-state index in [2.05, 4.69) is 19.1 Å². The quantitative estimate of drug-likeness (QED) is 0.695. The molecule has 0 radical (unpaired) electrons. The number of nitrogens with zero attached hydrogens (tertiary/aromatic N) is 1. The zero-order valence-electron chi connectivity index (χ0n) is 17.3. The van der Waals surface area contributed by atoms with Gasteiger partial charge in [-0.3, -0.25) is 4.79 Å². The molecular formula is C23H29NO4S. The highest BCUT2D eigenvalue weighted by molar-refractivity contribution is 7.91. The minimum Gasteiger partial charge on any atom is -0.484 e. The third kappa shape index (κ3) is 5.82. The van der Waals surface area contributed by atoms with Crippen molar-refractivity contribution < 1.29 is 17.9 Å². The molecule has 0 bridgehead atoms. The van der Waals surface area contributed by atoms with Gasteiger partial charge in [0.05, 0.1) is 11.5 Å². The molecule has 0 aliphatic carbocycles. The fourth-order valence-corrected chi connectivity index (χ4v) is 5.49. The smallest absolute Gasteiger partial charge is 0.261 e. The summed E-state index contributed by atoms with van der Waals surface area (Å²) in [6.07, 6.45) is 1.43. The number of hydrogen-bond donors (Lipinski definition) is 0. The first-order valence-corrected chi connectivity index (χ1v) is 11.9. The summed E-state index contributed by atoms with van der Waals surface area (Å²) in [6, 6.07) is 13.7. The number of sulfone groups is 1. The van der Waals surface area contributed by atoms with Gasteiger partial charge in [-0.1, -0.05) is 37.3 Å². The predicted octanol–water partition coefficient (Wildman–Crippen LogP) is 3.46. The maximum atomic E-state index is 13.0. The third-order valence-corrected chi connectivity index (χ3v) is 7.06. The molecule has 1 aliphatic rings. The second-order valence-corrected chi connectivity index (χ2v) is 10.1. The molecule has 2 aromatic rings. The molecular weight excluding hydrogens is 386 g/mol. The molecule has 6 heteroatoms. The Balaban J connectivity index is 1.74. The van der Waals surface area contributed by atoms with E-state index in [1.807, 2.05) is 44.2 Å². The number of rotatable bonds is 7. The second-order valence-electron chi connectivity index (χ2n) is 7.86. The Hall–Kier alpha value is -2.34. The van der Waals surface area contributed by atoms with E-state index in [4.69, 9.17) is 4.74 Å². The minimum atomic E-state index is -3.09. The average molecular weight is 416 g/mol. The average Bonchev–Trinajstić information content (AvgIpc) is 3.03. The maximum absolute atomic E-state index is 13.0. The molecule has 1 fully saturated rings. The summed E-state index contributed by atoms with van der Waals surface area (Å²) in [5.41, 5.74) is 4.36. The van der Waals surface area contributed by atoms with Gasteiger partial charge in [0, 0.05) is 12.6 Å². The Morgan fingerprint density at radius 3 is 2.24 bits per heavy atom. The lowest BCUT2D eigenvalue weighted by Crippen LogP contribution is -2.43. The van der Waals surface area contributed by atoms with E-state index in [-0.39, 0.29) is 30.1 Å². The molecule has 1 amide bonds. The molecule has 0 unspecified atom stereocenters. The number of hydrogen-bond acceptors (Lipinski definition) is 4. The molecule has 5 nitrogen and oxygen atoms in total. The molecule has 1 saturated heterocycles. The van der Waals surface area contributed by atoms with Crippen molar-refractivity contribution in [1.82, 2.24) is 4.90 Å². The summed E-state index contributed by atoms with van der Waals surface area (Å²) in [7, 11) is -3.09. The summed E-state index contributed by atoms with van der Waals surface area (Å²) < 4.78 is 29.7. The van der Waals surface area contributed by atoms with Gasteiger partial charge in [0.1, 0.15) is 5.75 Å². The van der Waals surface area contributed by atoms with E-state index in [1.54, 1.807) is 4.90 Å². The van der Waals surface area contributed by atoms with Crippen LogP contribution in [0.3, 0.4) is 0 Å². The molecule has 156 valence electrons. The van der Waals surface area contributed by atoms with E-state index in [0.29, 0.717) is 18.7 Å². The summed E-state index contributed by atoms with van der Waals surface area (Å²) in [5.74, 6) is 0.622. The normalized spacial score (nSPS) is 17.8. The van der Waals surface area contributed by atoms with Crippen LogP contribution in [0.1, 0.15) is 35.6 Å². The molecule has 29 heavy (non-hydrogen) atoms. The Morgan fingerprint density at radius 2 is 1.69 bits per heavy atom. The second kappa shape index (κ2) is 8.99. The van der Waals surface area contributed by atoms with Crippen molar-refractivity contribution >= 4 is 15.7 Å². The summed E-state index contributed by atoms with van der Waals surface area (Å²) in [4.78, 5) is 14.7. The van der Waals surface area contributed by atoms with Crippen molar-refractivity contribution in [2.75, 3.05) is 18.1 Å². The molecule has 1 atom stereocenters. The van der Waals surface area contributed by atoms with E-state index in [9.17, 15) is 13.2 Å². The molecule has 1 heterocycles. The van der Waals surface area contributed by atoms with E-state index >= 15 is 0 Å². The number of aryl methyl sites for hydroxylation is 3. The highest BCUT2D eigenvalue weighted by Gasteiger charge is 2.34. The molecule has 1 aliphatic heterocycles. The molecule has 0 spiro atoms. The van der Waals surface area contributed by atoms with Crippen molar-refractivity contribution in [2.24, 2.45) is 0 Å². The predicted molar refractivity (Wildman–Crippen MR) is 115 cm³/mol. The lowest BCUT2D eigenvalue weighted by molar-refractivity contribution is -0.136. The van der Waals surface area contributed by atoms with Crippen molar-refractivity contribution in [3.05, 3.63) is 64.7 Å². The number of carbonyl (C=O) groups excluding carboxylic acids is 1. The van der Waals surface area contributed by atoms with E-state index in [1.165, 1.54) is 5.56 Å². The first-order valence-electron chi connectivity index (χ1n) is 10.0. The fourth-order valence-electron chi connectivity index (χ4n) is 3.76. The van der Waals surface area contributed by atoms with Gasteiger partial charge in [0.15, 0.2) is 16.4 Å².